The van der Waals surface area contributed by atoms with Gasteiger partial charge in [-0.1, -0.05) is 47.7 Å². The van der Waals surface area contributed by atoms with Crippen LogP contribution >= 0.6 is 22.7 Å². The maximum Gasteiger partial charge on any atom is 0.512 e. The van der Waals surface area contributed by atoms with Crippen molar-refractivity contribution in [1.82, 2.24) is 0 Å². The molecule has 0 aliphatic rings. The van der Waals surface area contributed by atoms with E-state index >= 15 is 0 Å². The first-order valence-electron chi connectivity index (χ1n) is 6.62. The lowest BCUT2D eigenvalue weighted by molar-refractivity contribution is 0.146. The molecule has 2 N–H and O–H groups in total. The molecular formula is C15H11NO5S3. The Bertz CT molecular complexity index is 946. The molecule has 0 bridgehead atoms. The summed E-state index contributed by atoms with van der Waals surface area (Å²) in [4.78, 5) is 11.6. The first kappa shape index (κ1) is 16.5. The average molecular weight is 381 g/mol. The van der Waals surface area contributed by atoms with Gasteiger partial charge in [0.15, 0.2) is 0 Å². The van der Waals surface area contributed by atoms with E-state index in [4.69, 9.17) is 9.84 Å². The van der Waals surface area contributed by atoms with E-state index in [0.717, 1.165) is 28.2 Å². The Kier molecular flexibility index (Phi) is 4.56. The number of thiophene rings is 2. The Balaban J connectivity index is 2.00. The number of ether oxygens (including phenoxy) is 1. The maximum absolute atomic E-state index is 12.3. The van der Waals surface area contributed by atoms with Crippen LogP contribution in [0.3, 0.4) is 0 Å². The molecule has 3 rings (SSSR count). The van der Waals surface area contributed by atoms with E-state index in [1.54, 1.807) is 17.5 Å². The van der Waals surface area contributed by atoms with Crippen LogP contribution in [0.1, 0.15) is 0 Å². The number of hydrogen-bond acceptors (Lipinski definition) is 6. The predicted octanol–water partition coefficient (Wildman–Crippen LogP) is 4.33. The molecule has 1 aromatic carbocycles. The molecule has 124 valence electrons. The number of benzene rings is 1. The highest BCUT2D eigenvalue weighted by Crippen LogP contribution is 2.42. The summed E-state index contributed by atoms with van der Waals surface area (Å²) in [6.45, 7) is 0. The van der Waals surface area contributed by atoms with Gasteiger partial charge in [-0.25, -0.2) is 13.2 Å². The van der Waals surface area contributed by atoms with Gasteiger partial charge in [-0.2, -0.15) is 0 Å². The molecule has 0 aliphatic heterocycles. The van der Waals surface area contributed by atoms with Crippen LogP contribution < -0.4 is 9.46 Å². The number of sulfonamides is 1. The lowest BCUT2D eigenvalue weighted by atomic mass is 10.2. The fourth-order valence-corrected chi connectivity index (χ4v) is 5.03. The predicted molar refractivity (Wildman–Crippen MR) is 93.5 cm³/mol. The molecule has 0 atom stereocenters. The zero-order chi connectivity index (χ0) is 17.2. The second-order valence-electron chi connectivity index (χ2n) is 4.58. The third-order valence-electron chi connectivity index (χ3n) is 2.94. The number of carboxylic acid groups (broad SMARTS) is 1. The molecule has 0 fully saturated rings. The van der Waals surface area contributed by atoms with Crippen molar-refractivity contribution in [1.29, 1.82) is 0 Å². The highest BCUT2D eigenvalue weighted by molar-refractivity contribution is 7.94. The highest BCUT2D eigenvalue weighted by Gasteiger charge is 2.21. The summed E-state index contributed by atoms with van der Waals surface area (Å²) in [5.41, 5.74) is 0.925. The molecule has 9 heteroatoms. The second-order valence-corrected chi connectivity index (χ2v) is 8.46. The summed E-state index contributed by atoms with van der Waals surface area (Å²) in [5.74, 6) is 0. The fraction of sp³-hybridized carbons (Fsp3) is 0. The Hall–Kier alpha value is -2.36. The van der Waals surface area contributed by atoms with E-state index in [2.05, 4.69) is 4.72 Å². The zero-order valence-electron chi connectivity index (χ0n) is 12.0. The minimum atomic E-state index is -3.79. The summed E-state index contributed by atoms with van der Waals surface area (Å²) in [5, 5.41) is 10.5. The number of rotatable bonds is 5. The van der Waals surface area contributed by atoms with Gasteiger partial charge in [0.1, 0.15) is 9.90 Å². The number of carbonyl (C=O) groups is 1. The molecule has 0 unspecified atom stereocenters. The summed E-state index contributed by atoms with van der Waals surface area (Å²) >= 11 is 2.12. The summed E-state index contributed by atoms with van der Waals surface area (Å²) in [7, 11) is -3.79. The van der Waals surface area contributed by atoms with Gasteiger partial charge >= 0.3 is 6.16 Å². The van der Waals surface area contributed by atoms with Crippen molar-refractivity contribution >= 4 is 44.5 Å². The maximum atomic E-state index is 12.3. The molecule has 0 radical (unpaired) electrons. The molecule has 0 aliphatic carbocycles. The van der Waals surface area contributed by atoms with E-state index < -0.39 is 16.2 Å². The number of anilines is 1. The van der Waals surface area contributed by atoms with Gasteiger partial charge < -0.3 is 9.84 Å². The molecule has 24 heavy (non-hydrogen) atoms. The van der Waals surface area contributed by atoms with E-state index in [1.165, 1.54) is 6.07 Å². The van der Waals surface area contributed by atoms with Crippen molar-refractivity contribution in [2.45, 2.75) is 4.21 Å². The highest BCUT2D eigenvalue weighted by atomic mass is 32.2. The quantitative estimate of drug-likeness (QED) is 0.642. The largest absolute Gasteiger partial charge is 0.512 e. The van der Waals surface area contributed by atoms with Crippen LogP contribution in [0.5, 0.6) is 5.06 Å². The van der Waals surface area contributed by atoms with Crippen LogP contribution in [0.25, 0.3) is 10.4 Å². The van der Waals surface area contributed by atoms with Crippen molar-refractivity contribution in [3.8, 4) is 15.5 Å². The molecule has 6 nitrogen and oxygen atoms in total. The van der Waals surface area contributed by atoms with Crippen molar-refractivity contribution in [3.05, 3.63) is 53.9 Å². The minimum Gasteiger partial charge on any atom is -0.449 e. The average Bonchev–Trinajstić information content (AvgIpc) is 3.18. The van der Waals surface area contributed by atoms with Crippen molar-refractivity contribution in [2.24, 2.45) is 0 Å². The lowest BCUT2D eigenvalue weighted by Gasteiger charge is -2.05. The second kappa shape index (κ2) is 6.63. The monoisotopic (exact) mass is 381 g/mol. The van der Waals surface area contributed by atoms with Gasteiger partial charge in [0.25, 0.3) is 10.0 Å². The lowest BCUT2D eigenvalue weighted by Crippen LogP contribution is -2.12. The number of nitrogens with one attached hydrogen (secondary N) is 1. The summed E-state index contributed by atoms with van der Waals surface area (Å²) in [6.07, 6.45) is -1.51. The molecule has 0 saturated carbocycles. The third kappa shape index (κ3) is 3.58. The Morgan fingerprint density at radius 3 is 2.50 bits per heavy atom. The molecule has 2 aromatic heterocycles. The standard InChI is InChI=1S/C15H11NO5S3/c17-15(18)21-14-11(16-24(19,20)13-7-4-8-22-13)9-12(23-14)10-5-2-1-3-6-10/h1-9,16H,(H,17,18). The SMILES string of the molecule is O=C(O)Oc1sc(-c2ccccc2)cc1NS(=O)(=O)c1cccs1. The molecule has 0 saturated heterocycles. The molecule has 0 amide bonds. The van der Waals surface area contributed by atoms with Gasteiger partial charge in [-0.05, 0) is 23.1 Å². The van der Waals surface area contributed by atoms with Crippen LogP contribution in [0.4, 0.5) is 10.5 Å². The van der Waals surface area contributed by atoms with Gasteiger partial charge in [-0.3, -0.25) is 4.72 Å². The Labute approximate surface area is 146 Å². The van der Waals surface area contributed by atoms with Gasteiger partial charge in [0.2, 0.25) is 5.06 Å². The molecule has 2 heterocycles. The molecule has 3 aromatic rings. The van der Waals surface area contributed by atoms with Crippen molar-refractivity contribution < 1.29 is 23.1 Å². The smallest absolute Gasteiger partial charge is 0.449 e. The summed E-state index contributed by atoms with van der Waals surface area (Å²) in [6, 6.07) is 13.9. The van der Waals surface area contributed by atoms with E-state index in [0.29, 0.717) is 4.88 Å². The fourth-order valence-electron chi connectivity index (χ4n) is 1.96. The first-order chi connectivity index (χ1) is 11.5. The van der Waals surface area contributed by atoms with Gasteiger partial charge in [0, 0.05) is 4.88 Å². The normalized spacial score (nSPS) is 11.2. The van der Waals surface area contributed by atoms with Crippen LogP contribution in [-0.4, -0.2) is 19.7 Å². The van der Waals surface area contributed by atoms with Crippen LogP contribution in [0.2, 0.25) is 0 Å². The Morgan fingerprint density at radius 1 is 1.12 bits per heavy atom. The van der Waals surface area contributed by atoms with E-state index in [-0.39, 0.29) is 15.0 Å². The molecule has 0 spiro atoms. The minimum absolute atomic E-state index is 0.0264. The molecular weight excluding hydrogens is 370 g/mol. The van der Waals surface area contributed by atoms with Crippen molar-refractivity contribution in [2.75, 3.05) is 4.72 Å². The van der Waals surface area contributed by atoms with Gasteiger partial charge in [-0.15, -0.1) is 11.3 Å². The summed E-state index contributed by atoms with van der Waals surface area (Å²) < 4.78 is 31.9. The van der Waals surface area contributed by atoms with Crippen LogP contribution in [0, 0.1) is 0 Å². The first-order valence-corrected chi connectivity index (χ1v) is 9.80. The van der Waals surface area contributed by atoms with E-state index in [1.807, 2.05) is 30.3 Å². The topological polar surface area (TPSA) is 92.7 Å². The Morgan fingerprint density at radius 2 is 1.88 bits per heavy atom. The number of hydrogen-bond donors (Lipinski definition) is 2. The van der Waals surface area contributed by atoms with Crippen molar-refractivity contribution in [3.63, 3.8) is 0 Å². The van der Waals surface area contributed by atoms with E-state index in [9.17, 15) is 13.2 Å². The van der Waals surface area contributed by atoms with Crippen LogP contribution in [-0.2, 0) is 10.0 Å². The third-order valence-corrected chi connectivity index (χ3v) is 6.77. The zero-order valence-corrected chi connectivity index (χ0v) is 14.5. The van der Waals surface area contributed by atoms with Crippen LogP contribution in [0.15, 0.2) is 58.1 Å². The van der Waals surface area contributed by atoms with Gasteiger partial charge in [0.05, 0.1) is 0 Å².